The third kappa shape index (κ3) is 3.07. The number of carbonyl (C=O) groups is 1. The number of hydrogen-bond acceptors (Lipinski definition) is 3. The van der Waals surface area contributed by atoms with Crippen molar-refractivity contribution in [1.82, 2.24) is 9.38 Å². The lowest BCUT2D eigenvalue weighted by Crippen LogP contribution is -2.07. The zero-order chi connectivity index (χ0) is 17.5. The lowest BCUT2D eigenvalue weighted by atomic mass is 10.2. The lowest BCUT2D eigenvalue weighted by Gasteiger charge is -2.10. The van der Waals surface area contributed by atoms with Crippen molar-refractivity contribution in [3.05, 3.63) is 53.3 Å². The molecule has 0 saturated carbocycles. The first-order valence-corrected chi connectivity index (χ1v) is 7.16. The predicted octanol–water partition coefficient (Wildman–Crippen LogP) is 4.60. The van der Waals surface area contributed by atoms with Gasteiger partial charge in [-0.15, -0.1) is 0 Å². The molecular formula is C16H10ClF3N2O2. The average Bonchev–Trinajstić information content (AvgIpc) is 2.90. The number of aromatic nitrogens is 2. The highest BCUT2D eigenvalue weighted by Gasteiger charge is 2.32. The molecule has 4 nitrogen and oxygen atoms in total. The second kappa shape index (κ2) is 5.83. The number of benzene rings is 1. The number of fused-ring (bicyclic) bond motifs is 1. The van der Waals surface area contributed by atoms with Gasteiger partial charge in [0.2, 0.25) is 0 Å². The molecule has 3 aromatic rings. The Labute approximate surface area is 139 Å². The number of alkyl halides is 3. The van der Waals surface area contributed by atoms with Gasteiger partial charge < -0.3 is 4.74 Å². The van der Waals surface area contributed by atoms with Gasteiger partial charge in [-0.3, -0.25) is 9.20 Å². The van der Waals surface area contributed by atoms with Gasteiger partial charge in [-0.05, 0) is 18.2 Å². The highest BCUT2D eigenvalue weighted by molar-refractivity contribution is 6.33. The summed E-state index contributed by atoms with van der Waals surface area (Å²) in [5.41, 5.74) is -0.0444. The predicted molar refractivity (Wildman–Crippen MR) is 81.9 cm³/mol. The van der Waals surface area contributed by atoms with Gasteiger partial charge in [0.25, 0.3) is 0 Å². The van der Waals surface area contributed by atoms with Crippen LogP contribution in [0.25, 0.3) is 16.9 Å². The summed E-state index contributed by atoms with van der Waals surface area (Å²) in [5, 5.41) is -0.0558. The van der Waals surface area contributed by atoms with Crippen molar-refractivity contribution in [2.45, 2.75) is 13.1 Å². The molecule has 0 spiro atoms. The third-order valence-corrected chi connectivity index (χ3v) is 3.58. The van der Waals surface area contributed by atoms with Gasteiger partial charge in [0.15, 0.2) is 0 Å². The van der Waals surface area contributed by atoms with E-state index in [1.54, 1.807) is 18.2 Å². The van der Waals surface area contributed by atoms with Crippen molar-refractivity contribution >= 4 is 23.1 Å². The molecule has 0 unspecified atom stereocenters. The topological polar surface area (TPSA) is 43.6 Å². The number of nitrogens with zero attached hydrogens (tertiary/aromatic N) is 2. The maximum atomic E-state index is 13.0. The van der Waals surface area contributed by atoms with Crippen LogP contribution in [0.2, 0.25) is 5.02 Å². The van der Waals surface area contributed by atoms with Crippen LogP contribution in [0.1, 0.15) is 12.5 Å². The Morgan fingerprint density at radius 1 is 1.29 bits per heavy atom. The van der Waals surface area contributed by atoms with Gasteiger partial charge in [0.05, 0.1) is 22.3 Å². The van der Waals surface area contributed by atoms with E-state index in [4.69, 9.17) is 16.3 Å². The highest BCUT2D eigenvalue weighted by atomic mass is 35.5. The first-order chi connectivity index (χ1) is 11.3. The molecule has 0 fully saturated rings. The van der Waals surface area contributed by atoms with Crippen molar-refractivity contribution in [2.24, 2.45) is 0 Å². The summed E-state index contributed by atoms with van der Waals surface area (Å²) in [6, 6.07) is 7.20. The lowest BCUT2D eigenvalue weighted by molar-refractivity contribution is -0.138. The fourth-order valence-corrected chi connectivity index (χ4v) is 2.55. The summed E-state index contributed by atoms with van der Waals surface area (Å²) in [5.74, 6) is 0.0318. The minimum Gasteiger partial charge on any atom is -0.427 e. The van der Waals surface area contributed by atoms with Crippen molar-refractivity contribution in [1.29, 1.82) is 0 Å². The Morgan fingerprint density at radius 2 is 2.04 bits per heavy atom. The van der Waals surface area contributed by atoms with Crippen molar-refractivity contribution in [2.75, 3.05) is 0 Å². The van der Waals surface area contributed by atoms with E-state index >= 15 is 0 Å². The van der Waals surface area contributed by atoms with E-state index in [1.807, 2.05) is 0 Å². The van der Waals surface area contributed by atoms with Gasteiger partial charge in [-0.2, -0.15) is 13.2 Å². The molecule has 24 heavy (non-hydrogen) atoms. The van der Waals surface area contributed by atoms with Crippen LogP contribution in [0.15, 0.2) is 42.7 Å². The Balaban J connectivity index is 2.17. The third-order valence-electron chi connectivity index (χ3n) is 3.27. The molecule has 2 heterocycles. The Kier molecular flexibility index (Phi) is 3.96. The fourth-order valence-electron chi connectivity index (χ4n) is 2.29. The van der Waals surface area contributed by atoms with Gasteiger partial charge in [0, 0.05) is 18.7 Å². The van der Waals surface area contributed by atoms with Crippen molar-refractivity contribution in [3.63, 3.8) is 0 Å². The molecule has 3 rings (SSSR count). The Morgan fingerprint density at radius 3 is 2.71 bits per heavy atom. The first-order valence-electron chi connectivity index (χ1n) is 6.78. The molecule has 124 valence electrons. The smallest absolute Gasteiger partial charge is 0.417 e. The van der Waals surface area contributed by atoms with Crippen LogP contribution >= 0.6 is 11.6 Å². The van der Waals surface area contributed by atoms with E-state index in [9.17, 15) is 18.0 Å². The molecule has 0 atom stereocenters. The first kappa shape index (κ1) is 16.3. The Hall–Kier alpha value is -2.54. The second-order valence-electron chi connectivity index (χ2n) is 5.03. The number of hydrogen-bond donors (Lipinski definition) is 0. The molecule has 8 heteroatoms. The second-order valence-corrected chi connectivity index (χ2v) is 5.44. The summed E-state index contributed by atoms with van der Waals surface area (Å²) < 4.78 is 45.2. The van der Waals surface area contributed by atoms with E-state index in [-0.39, 0.29) is 16.6 Å². The largest absolute Gasteiger partial charge is 0.427 e. The maximum absolute atomic E-state index is 13.0. The molecule has 2 aromatic heterocycles. The van der Waals surface area contributed by atoms with Gasteiger partial charge in [-0.1, -0.05) is 23.7 Å². The molecule has 1 aromatic carbocycles. The highest BCUT2D eigenvalue weighted by Crippen LogP contribution is 2.34. The Bertz CT molecular complexity index is 935. The van der Waals surface area contributed by atoms with Crippen LogP contribution in [-0.2, 0) is 11.0 Å². The number of ether oxygens (including phenoxy) is 1. The molecule has 0 aliphatic heterocycles. The quantitative estimate of drug-likeness (QED) is 0.499. The average molecular weight is 355 g/mol. The molecule has 0 radical (unpaired) electrons. The summed E-state index contributed by atoms with van der Waals surface area (Å²) in [4.78, 5) is 15.2. The molecular weight excluding hydrogens is 345 g/mol. The summed E-state index contributed by atoms with van der Waals surface area (Å²) >= 11 is 5.94. The van der Waals surface area contributed by atoms with Gasteiger partial charge >= 0.3 is 12.1 Å². The minimum atomic E-state index is -4.53. The summed E-state index contributed by atoms with van der Waals surface area (Å²) in [7, 11) is 0. The van der Waals surface area contributed by atoms with E-state index in [0.717, 1.165) is 12.3 Å². The normalized spacial score (nSPS) is 11.7. The molecule has 0 bridgehead atoms. The van der Waals surface area contributed by atoms with Crippen LogP contribution in [-0.4, -0.2) is 15.4 Å². The molecule has 0 amide bonds. The standard InChI is InChI=1S/C16H10ClF3N2O2/c1-9(23)24-12-4-2-3-10(5-12)15-21-7-14-13(17)6-11(8-22(14)15)16(18,19)20/h2-8H,1H3. The maximum Gasteiger partial charge on any atom is 0.417 e. The number of esters is 1. The zero-order valence-electron chi connectivity index (χ0n) is 12.3. The molecule has 0 aliphatic carbocycles. The van der Waals surface area contributed by atoms with E-state index in [0.29, 0.717) is 11.1 Å². The monoisotopic (exact) mass is 354 g/mol. The zero-order valence-corrected chi connectivity index (χ0v) is 13.0. The van der Waals surface area contributed by atoms with Crippen molar-refractivity contribution in [3.8, 4) is 17.1 Å². The minimum absolute atomic E-state index is 0.0558. The van der Waals surface area contributed by atoms with E-state index in [2.05, 4.69) is 4.98 Å². The van der Waals surface area contributed by atoms with Crippen LogP contribution in [0.3, 0.4) is 0 Å². The molecule has 0 aliphatic rings. The number of imidazole rings is 1. The summed E-state index contributed by atoms with van der Waals surface area (Å²) in [6.07, 6.45) is -2.21. The van der Waals surface area contributed by atoms with Gasteiger partial charge in [-0.25, -0.2) is 4.98 Å². The number of pyridine rings is 1. The van der Waals surface area contributed by atoms with Crippen molar-refractivity contribution < 1.29 is 22.7 Å². The number of halogens is 4. The van der Waals surface area contributed by atoms with Crippen LogP contribution in [0.4, 0.5) is 13.2 Å². The number of rotatable bonds is 2. The number of carbonyl (C=O) groups excluding carboxylic acids is 1. The van der Waals surface area contributed by atoms with Gasteiger partial charge in [0.1, 0.15) is 11.6 Å². The van der Waals surface area contributed by atoms with Crippen LogP contribution < -0.4 is 4.74 Å². The van der Waals surface area contributed by atoms with Crippen LogP contribution in [0.5, 0.6) is 5.75 Å². The molecule has 0 saturated heterocycles. The summed E-state index contributed by atoms with van der Waals surface area (Å²) in [6.45, 7) is 1.26. The van der Waals surface area contributed by atoms with E-state index < -0.39 is 17.7 Å². The fraction of sp³-hybridized carbons (Fsp3) is 0.125. The van der Waals surface area contributed by atoms with E-state index in [1.165, 1.54) is 23.6 Å². The molecule has 0 N–H and O–H groups in total. The SMILES string of the molecule is CC(=O)Oc1cccc(-c2ncc3c(Cl)cc(C(F)(F)F)cn23)c1. The van der Waals surface area contributed by atoms with Crippen LogP contribution in [0, 0.1) is 0 Å².